The van der Waals surface area contributed by atoms with Crippen LogP contribution in [0.15, 0.2) is 6.33 Å². The minimum atomic E-state index is -0.0966. The summed E-state index contributed by atoms with van der Waals surface area (Å²) >= 11 is 0. The van der Waals surface area contributed by atoms with Gasteiger partial charge in [-0.1, -0.05) is 20.3 Å². The molecule has 2 heterocycles. The van der Waals surface area contributed by atoms with Crippen molar-refractivity contribution in [3.63, 3.8) is 0 Å². The standard InChI is InChI=1S/C18H28N4O2/c1-3-12(2)8-19-18(24)16-15-7-6-14(10-22(15)11-21-16)17(23)20-9-13-4-5-13/h11-14H,3-10H2,1-2H3,(H,19,24)(H,20,23). The average Bonchev–Trinajstić information content (AvgIpc) is 3.34. The molecule has 132 valence electrons. The summed E-state index contributed by atoms with van der Waals surface area (Å²) in [5, 5.41) is 6.03. The van der Waals surface area contributed by atoms with E-state index in [0.29, 0.717) is 30.6 Å². The summed E-state index contributed by atoms with van der Waals surface area (Å²) in [4.78, 5) is 28.9. The van der Waals surface area contributed by atoms with E-state index >= 15 is 0 Å². The van der Waals surface area contributed by atoms with Crippen molar-refractivity contribution < 1.29 is 9.59 Å². The van der Waals surface area contributed by atoms with Crippen LogP contribution >= 0.6 is 0 Å². The van der Waals surface area contributed by atoms with Crippen LogP contribution in [0, 0.1) is 17.8 Å². The fourth-order valence-electron chi connectivity index (χ4n) is 3.08. The molecule has 0 radical (unpaired) electrons. The number of hydrogen-bond donors (Lipinski definition) is 2. The van der Waals surface area contributed by atoms with Crippen molar-refractivity contribution in [2.45, 2.75) is 52.5 Å². The number of nitrogens with zero attached hydrogens (tertiary/aromatic N) is 2. The molecule has 2 unspecified atom stereocenters. The van der Waals surface area contributed by atoms with Gasteiger partial charge in [0.05, 0.1) is 17.9 Å². The van der Waals surface area contributed by atoms with Crippen molar-refractivity contribution in [2.75, 3.05) is 13.1 Å². The van der Waals surface area contributed by atoms with Gasteiger partial charge < -0.3 is 15.2 Å². The molecule has 1 aliphatic heterocycles. The molecule has 1 aliphatic carbocycles. The Morgan fingerprint density at radius 1 is 1.33 bits per heavy atom. The van der Waals surface area contributed by atoms with E-state index in [1.165, 1.54) is 12.8 Å². The maximum absolute atomic E-state index is 12.3. The normalized spacial score (nSPS) is 21.0. The van der Waals surface area contributed by atoms with Crippen molar-refractivity contribution in [2.24, 2.45) is 17.8 Å². The fourth-order valence-corrected chi connectivity index (χ4v) is 3.08. The molecule has 2 N–H and O–H groups in total. The predicted octanol–water partition coefficient (Wildman–Crippen LogP) is 1.75. The minimum absolute atomic E-state index is 0.0125. The van der Waals surface area contributed by atoms with Crippen LogP contribution in [-0.4, -0.2) is 34.5 Å². The third-order valence-corrected chi connectivity index (χ3v) is 5.25. The molecular weight excluding hydrogens is 304 g/mol. The molecule has 0 bridgehead atoms. The first-order chi connectivity index (χ1) is 11.6. The van der Waals surface area contributed by atoms with Gasteiger partial charge >= 0.3 is 0 Å². The van der Waals surface area contributed by atoms with Crippen LogP contribution in [0.3, 0.4) is 0 Å². The van der Waals surface area contributed by atoms with Crippen molar-refractivity contribution >= 4 is 11.8 Å². The molecule has 1 aromatic rings. The number of nitrogens with one attached hydrogen (secondary N) is 2. The molecule has 0 aromatic carbocycles. The Hall–Kier alpha value is -1.85. The van der Waals surface area contributed by atoms with Crippen LogP contribution in [0.2, 0.25) is 0 Å². The van der Waals surface area contributed by atoms with Gasteiger partial charge in [-0.25, -0.2) is 4.98 Å². The van der Waals surface area contributed by atoms with E-state index in [-0.39, 0.29) is 17.7 Å². The zero-order chi connectivity index (χ0) is 17.1. The van der Waals surface area contributed by atoms with Crippen LogP contribution in [0.1, 0.15) is 55.7 Å². The average molecular weight is 332 g/mol. The number of aromatic nitrogens is 2. The van der Waals surface area contributed by atoms with Crippen molar-refractivity contribution in [1.29, 1.82) is 0 Å². The Morgan fingerprint density at radius 3 is 2.83 bits per heavy atom. The Labute approximate surface area is 143 Å². The lowest BCUT2D eigenvalue weighted by Crippen LogP contribution is -2.37. The van der Waals surface area contributed by atoms with E-state index in [1.54, 1.807) is 6.33 Å². The summed E-state index contributed by atoms with van der Waals surface area (Å²) in [5.74, 6) is 1.19. The molecule has 0 saturated heterocycles. The monoisotopic (exact) mass is 332 g/mol. The Morgan fingerprint density at radius 2 is 2.12 bits per heavy atom. The summed E-state index contributed by atoms with van der Waals surface area (Å²) in [5.41, 5.74) is 1.48. The van der Waals surface area contributed by atoms with Gasteiger partial charge in [0.2, 0.25) is 5.91 Å². The highest BCUT2D eigenvalue weighted by Crippen LogP contribution is 2.28. The topological polar surface area (TPSA) is 76.0 Å². The number of rotatable bonds is 7. The van der Waals surface area contributed by atoms with E-state index in [0.717, 1.165) is 31.5 Å². The zero-order valence-electron chi connectivity index (χ0n) is 14.7. The zero-order valence-corrected chi connectivity index (χ0v) is 14.7. The highest BCUT2D eigenvalue weighted by atomic mass is 16.2. The Balaban J connectivity index is 1.57. The first kappa shape index (κ1) is 17.0. The molecular formula is C18H28N4O2. The molecule has 2 atom stereocenters. The number of imidazole rings is 1. The highest BCUT2D eigenvalue weighted by Gasteiger charge is 2.29. The smallest absolute Gasteiger partial charge is 0.271 e. The first-order valence-electron chi connectivity index (χ1n) is 9.18. The number of carbonyl (C=O) groups is 2. The van der Waals surface area contributed by atoms with Crippen LogP contribution in [-0.2, 0) is 17.8 Å². The largest absolute Gasteiger partial charge is 0.356 e. The van der Waals surface area contributed by atoms with E-state index in [2.05, 4.69) is 29.5 Å². The second-order valence-electron chi connectivity index (χ2n) is 7.34. The predicted molar refractivity (Wildman–Crippen MR) is 91.6 cm³/mol. The molecule has 3 rings (SSSR count). The van der Waals surface area contributed by atoms with Gasteiger partial charge in [0, 0.05) is 19.6 Å². The van der Waals surface area contributed by atoms with Crippen LogP contribution in [0.25, 0.3) is 0 Å². The lowest BCUT2D eigenvalue weighted by Gasteiger charge is -2.24. The van der Waals surface area contributed by atoms with E-state index in [1.807, 2.05) is 4.57 Å². The molecule has 1 aromatic heterocycles. The third-order valence-electron chi connectivity index (χ3n) is 5.25. The molecule has 24 heavy (non-hydrogen) atoms. The Bertz CT molecular complexity index is 606. The minimum Gasteiger partial charge on any atom is -0.356 e. The number of fused-ring (bicyclic) bond motifs is 1. The van der Waals surface area contributed by atoms with Crippen LogP contribution in [0.4, 0.5) is 0 Å². The number of hydrogen-bond acceptors (Lipinski definition) is 3. The van der Waals surface area contributed by atoms with Crippen molar-refractivity contribution in [3.05, 3.63) is 17.7 Å². The lowest BCUT2D eigenvalue weighted by molar-refractivity contribution is -0.126. The molecule has 2 aliphatic rings. The second-order valence-corrected chi connectivity index (χ2v) is 7.34. The molecule has 6 nitrogen and oxygen atoms in total. The summed E-state index contributed by atoms with van der Waals surface area (Å²) in [6.07, 6.45) is 6.74. The highest BCUT2D eigenvalue weighted by molar-refractivity contribution is 5.93. The van der Waals surface area contributed by atoms with Crippen molar-refractivity contribution in [3.8, 4) is 0 Å². The van der Waals surface area contributed by atoms with Crippen molar-refractivity contribution in [1.82, 2.24) is 20.2 Å². The van der Waals surface area contributed by atoms with Gasteiger partial charge in [0.1, 0.15) is 5.69 Å². The van der Waals surface area contributed by atoms with Crippen LogP contribution < -0.4 is 10.6 Å². The molecule has 6 heteroatoms. The lowest BCUT2D eigenvalue weighted by atomic mass is 9.96. The Kier molecular flexibility index (Phi) is 5.21. The molecule has 2 amide bonds. The van der Waals surface area contributed by atoms with Gasteiger partial charge in [-0.3, -0.25) is 9.59 Å². The first-order valence-corrected chi connectivity index (χ1v) is 9.18. The summed E-state index contributed by atoms with van der Waals surface area (Å²) < 4.78 is 1.98. The summed E-state index contributed by atoms with van der Waals surface area (Å²) in [7, 11) is 0. The SMILES string of the molecule is CCC(C)CNC(=O)c1ncn2c1CCC(C(=O)NCC1CC1)C2. The van der Waals surface area contributed by atoms with E-state index < -0.39 is 0 Å². The van der Waals surface area contributed by atoms with Crippen LogP contribution in [0.5, 0.6) is 0 Å². The summed E-state index contributed by atoms with van der Waals surface area (Å²) in [6.45, 7) is 6.35. The number of amides is 2. The number of carbonyl (C=O) groups excluding carboxylic acids is 2. The molecule has 1 fully saturated rings. The quantitative estimate of drug-likeness (QED) is 0.799. The van der Waals surface area contributed by atoms with E-state index in [9.17, 15) is 9.59 Å². The maximum Gasteiger partial charge on any atom is 0.271 e. The van der Waals surface area contributed by atoms with Gasteiger partial charge in [0.25, 0.3) is 5.91 Å². The third kappa shape index (κ3) is 3.97. The van der Waals surface area contributed by atoms with Gasteiger partial charge in [-0.2, -0.15) is 0 Å². The van der Waals surface area contributed by atoms with Gasteiger partial charge in [-0.15, -0.1) is 0 Å². The fraction of sp³-hybridized carbons (Fsp3) is 0.722. The van der Waals surface area contributed by atoms with E-state index in [4.69, 9.17) is 0 Å². The second kappa shape index (κ2) is 7.36. The van der Waals surface area contributed by atoms with Gasteiger partial charge in [0.15, 0.2) is 0 Å². The maximum atomic E-state index is 12.3. The molecule has 1 saturated carbocycles. The molecule has 0 spiro atoms. The van der Waals surface area contributed by atoms with Gasteiger partial charge in [-0.05, 0) is 37.5 Å². The summed E-state index contributed by atoms with van der Waals surface area (Å²) in [6, 6.07) is 0.